The lowest BCUT2D eigenvalue weighted by molar-refractivity contribution is 0.699. The Hall–Kier alpha value is -1.48. The average molecular weight is 333 g/mol. The Kier molecular flexibility index (Phi) is 4.44. The molecule has 0 spiro atoms. The van der Waals surface area contributed by atoms with Crippen LogP contribution in [0.3, 0.4) is 0 Å². The maximum absolute atomic E-state index is 6.30. The van der Waals surface area contributed by atoms with E-state index in [2.05, 4.69) is 30.1 Å². The fourth-order valence-electron chi connectivity index (χ4n) is 2.89. The number of aryl methyl sites for hydroxylation is 1. The van der Waals surface area contributed by atoms with Crippen LogP contribution in [0.1, 0.15) is 22.6 Å². The fraction of sp³-hybridized carbons (Fsp3) is 0.222. The summed E-state index contributed by atoms with van der Waals surface area (Å²) >= 11 is 12.6. The third-order valence-electron chi connectivity index (χ3n) is 4.11. The molecular weight excluding hydrogens is 315 g/mol. The van der Waals surface area contributed by atoms with Crippen molar-refractivity contribution in [2.75, 3.05) is 6.54 Å². The summed E-state index contributed by atoms with van der Waals surface area (Å²) in [4.78, 5) is 3.32. The number of H-pyrrole nitrogens is 1. The van der Waals surface area contributed by atoms with Crippen molar-refractivity contribution in [3.05, 3.63) is 69.3 Å². The molecule has 3 rings (SSSR count). The van der Waals surface area contributed by atoms with Gasteiger partial charge in [0.1, 0.15) is 0 Å². The highest BCUT2D eigenvalue weighted by Crippen LogP contribution is 2.33. The van der Waals surface area contributed by atoms with Gasteiger partial charge in [0.25, 0.3) is 0 Å². The number of nitrogens with one attached hydrogen (secondary N) is 1. The molecule has 0 radical (unpaired) electrons. The van der Waals surface area contributed by atoms with Crippen LogP contribution in [0.5, 0.6) is 0 Å². The molecule has 0 fully saturated rings. The Morgan fingerprint density at radius 2 is 1.86 bits per heavy atom. The number of benzene rings is 2. The molecule has 0 aliphatic carbocycles. The minimum atomic E-state index is 0.174. The molecule has 0 saturated heterocycles. The highest BCUT2D eigenvalue weighted by Gasteiger charge is 2.18. The van der Waals surface area contributed by atoms with Gasteiger partial charge in [0.2, 0.25) is 0 Å². The first kappa shape index (κ1) is 15.4. The minimum absolute atomic E-state index is 0.174. The molecule has 4 heteroatoms. The van der Waals surface area contributed by atoms with Crippen molar-refractivity contribution in [2.24, 2.45) is 5.73 Å². The molecule has 22 heavy (non-hydrogen) atoms. The third kappa shape index (κ3) is 2.87. The summed E-state index contributed by atoms with van der Waals surface area (Å²) in [7, 11) is 0. The molecule has 0 saturated carbocycles. The molecule has 0 bridgehead atoms. The second kappa shape index (κ2) is 6.33. The van der Waals surface area contributed by atoms with E-state index in [-0.39, 0.29) is 5.92 Å². The first-order chi connectivity index (χ1) is 10.6. The van der Waals surface area contributed by atoms with Crippen molar-refractivity contribution >= 4 is 34.1 Å². The van der Waals surface area contributed by atoms with Crippen molar-refractivity contribution in [3.8, 4) is 0 Å². The van der Waals surface area contributed by atoms with Gasteiger partial charge in [-0.1, -0.05) is 40.9 Å². The molecular formula is C18H18Cl2N2. The normalized spacial score (nSPS) is 12.7. The van der Waals surface area contributed by atoms with E-state index < -0.39 is 0 Å². The quantitative estimate of drug-likeness (QED) is 0.688. The van der Waals surface area contributed by atoms with Crippen LogP contribution in [0.2, 0.25) is 10.0 Å². The summed E-state index contributed by atoms with van der Waals surface area (Å²) in [6.07, 6.45) is 2.78. The molecule has 2 aromatic carbocycles. The lowest BCUT2D eigenvalue weighted by atomic mass is 9.91. The predicted octanol–water partition coefficient (Wildman–Crippen LogP) is 5.07. The Bertz CT molecular complexity index is 788. The van der Waals surface area contributed by atoms with Gasteiger partial charge in [-0.05, 0) is 55.3 Å². The molecule has 114 valence electrons. The van der Waals surface area contributed by atoms with Gasteiger partial charge in [-0.3, -0.25) is 0 Å². The van der Waals surface area contributed by atoms with Crippen LogP contribution in [-0.2, 0) is 6.42 Å². The number of hydrogen-bond acceptors (Lipinski definition) is 1. The molecule has 0 aliphatic rings. The molecule has 1 aromatic heterocycles. The van der Waals surface area contributed by atoms with E-state index in [4.69, 9.17) is 28.9 Å². The second-order valence-corrected chi connectivity index (χ2v) is 6.44. The van der Waals surface area contributed by atoms with Crippen molar-refractivity contribution in [2.45, 2.75) is 19.3 Å². The smallest absolute Gasteiger partial charge is 0.0457 e. The van der Waals surface area contributed by atoms with Crippen molar-refractivity contribution in [3.63, 3.8) is 0 Å². The van der Waals surface area contributed by atoms with Gasteiger partial charge in [0.05, 0.1) is 0 Å². The molecule has 0 aliphatic heterocycles. The first-order valence-electron chi connectivity index (χ1n) is 7.30. The van der Waals surface area contributed by atoms with Crippen LogP contribution in [-0.4, -0.2) is 11.5 Å². The van der Waals surface area contributed by atoms with E-state index in [1.165, 1.54) is 16.5 Å². The zero-order valence-electron chi connectivity index (χ0n) is 12.4. The average Bonchev–Trinajstić information content (AvgIpc) is 2.90. The number of rotatable bonds is 4. The number of aromatic nitrogens is 1. The highest BCUT2D eigenvalue weighted by atomic mass is 35.5. The number of halogens is 2. The summed E-state index contributed by atoms with van der Waals surface area (Å²) in [5, 5.41) is 2.61. The van der Waals surface area contributed by atoms with Gasteiger partial charge in [0, 0.05) is 33.1 Å². The highest BCUT2D eigenvalue weighted by molar-refractivity contribution is 6.36. The third-order valence-corrected chi connectivity index (χ3v) is 4.81. The molecule has 1 heterocycles. The van der Waals surface area contributed by atoms with E-state index in [0.29, 0.717) is 16.6 Å². The minimum Gasteiger partial charge on any atom is -0.361 e. The summed E-state index contributed by atoms with van der Waals surface area (Å²) in [5.41, 5.74) is 10.6. The Labute approximate surface area is 140 Å². The van der Waals surface area contributed by atoms with Crippen molar-refractivity contribution < 1.29 is 0 Å². The zero-order valence-corrected chi connectivity index (χ0v) is 13.9. The predicted molar refractivity (Wildman–Crippen MR) is 95.0 cm³/mol. The summed E-state index contributed by atoms with van der Waals surface area (Å²) < 4.78 is 0. The summed E-state index contributed by atoms with van der Waals surface area (Å²) in [6.45, 7) is 2.64. The summed E-state index contributed by atoms with van der Waals surface area (Å²) in [5.74, 6) is 0.174. The van der Waals surface area contributed by atoms with Gasteiger partial charge in [-0.25, -0.2) is 0 Å². The second-order valence-electron chi connectivity index (χ2n) is 5.63. The summed E-state index contributed by atoms with van der Waals surface area (Å²) in [6, 6.07) is 12.0. The first-order valence-corrected chi connectivity index (χ1v) is 8.06. The van der Waals surface area contributed by atoms with E-state index in [1.54, 1.807) is 0 Å². The van der Waals surface area contributed by atoms with Crippen LogP contribution in [0.4, 0.5) is 0 Å². The standard InChI is InChI=1S/C18H18Cl2N2/c1-11-5-6-18-13(7-11)15(10-22-18)12(9-21)8-14-16(19)3-2-4-17(14)20/h2-7,10,12,22H,8-9,21H2,1H3. The molecule has 3 aromatic rings. The topological polar surface area (TPSA) is 41.8 Å². The number of aromatic amines is 1. The van der Waals surface area contributed by atoms with Crippen LogP contribution in [0, 0.1) is 6.92 Å². The zero-order chi connectivity index (χ0) is 15.7. The maximum Gasteiger partial charge on any atom is 0.0457 e. The fourth-order valence-corrected chi connectivity index (χ4v) is 3.44. The van der Waals surface area contributed by atoms with Crippen molar-refractivity contribution in [1.82, 2.24) is 4.98 Å². The number of fused-ring (bicyclic) bond motifs is 1. The Morgan fingerprint density at radius 3 is 2.55 bits per heavy atom. The van der Waals surface area contributed by atoms with Crippen LogP contribution in [0.15, 0.2) is 42.6 Å². The van der Waals surface area contributed by atoms with Gasteiger partial charge < -0.3 is 10.7 Å². The Balaban J connectivity index is 2.01. The SMILES string of the molecule is Cc1ccc2[nH]cc(C(CN)Cc3c(Cl)cccc3Cl)c2c1. The van der Waals surface area contributed by atoms with E-state index in [9.17, 15) is 0 Å². The number of hydrogen-bond donors (Lipinski definition) is 2. The molecule has 1 atom stereocenters. The lowest BCUT2D eigenvalue weighted by Gasteiger charge is -2.16. The van der Waals surface area contributed by atoms with Gasteiger partial charge in [-0.15, -0.1) is 0 Å². The van der Waals surface area contributed by atoms with Gasteiger partial charge >= 0.3 is 0 Å². The van der Waals surface area contributed by atoms with Crippen molar-refractivity contribution in [1.29, 1.82) is 0 Å². The monoisotopic (exact) mass is 332 g/mol. The van der Waals surface area contributed by atoms with E-state index in [0.717, 1.165) is 17.5 Å². The molecule has 2 nitrogen and oxygen atoms in total. The largest absolute Gasteiger partial charge is 0.361 e. The van der Waals surface area contributed by atoms with E-state index >= 15 is 0 Å². The lowest BCUT2D eigenvalue weighted by Crippen LogP contribution is -2.15. The van der Waals surface area contributed by atoms with Gasteiger partial charge in [-0.2, -0.15) is 0 Å². The van der Waals surface area contributed by atoms with Crippen LogP contribution in [0.25, 0.3) is 10.9 Å². The van der Waals surface area contributed by atoms with Crippen LogP contribution >= 0.6 is 23.2 Å². The van der Waals surface area contributed by atoms with Crippen LogP contribution < -0.4 is 5.73 Å². The number of nitrogens with two attached hydrogens (primary N) is 1. The maximum atomic E-state index is 6.30. The molecule has 1 unspecified atom stereocenters. The Morgan fingerprint density at radius 1 is 1.14 bits per heavy atom. The molecule has 0 amide bonds. The molecule has 3 N–H and O–H groups in total. The van der Waals surface area contributed by atoms with Gasteiger partial charge in [0.15, 0.2) is 0 Å². The van der Waals surface area contributed by atoms with E-state index in [1.807, 2.05) is 24.4 Å².